The first-order chi connectivity index (χ1) is 46.2. The van der Waals surface area contributed by atoms with E-state index in [0.29, 0.717) is 64.6 Å². The Morgan fingerprint density at radius 1 is 0.691 bits per heavy atom. The molecular weight excluding hydrogens is 1310 g/mol. The Kier molecular flexibility index (Phi) is 20.2. The topological polar surface area (TPSA) is 364 Å². The van der Waals surface area contributed by atoms with Crippen molar-refractivity contribution < 1.29 is 71.5 Å². The van der Waals surface area contributed by atoms with Gasteiger partial charge in [-0.1, -0.05) is 81.4 Å². The number of primary amides is 1. The van der Waals surface area contributed by atoms with Crippen LogP contribution >= 0.6 is 31.0 Å². The van der Waals surface area contributed by atoms with Gasteiger partial charge >= 0.3 is 26.0 Å². The van der Waals surface area contributed by atoms with Crippen LogP contribution in [0.1, 0.15) is 88.3 Å². The minimum absolute atomic E-state index is 0.00189. The first-order valence-corrected chi connectivity index (χ1v) is 35.3. The number of halogens is 2. The van der Waals surface area contributed by atoms with Crippen LogP contribution in [0.2, 0.25) is 0 Å². The van der Waals surface area contributed by atoms with Crippen molar-refractivity contribution in [3.05, 3.63) is 102 Å². The predicted molar refractivity (Wildman–Crippen MR) is 363 cm³/mol. The molecule has 0 radical (unpaired) electrons. The van der Waals surface area contributed by atoms with Crippen molar-refractivity contribution in [2.75, 3.05) is 80.2 Å². The number of likely N-dealkylation sites (N-methyl/N-ethyl adjacent to an activating group) is 2. The van der Waals surface area contributed by atoms with E-state index in [1.807, 2.05) is 43.3 Å². The number of ether oxygens (including phenoxy) is 2. The largest absolute Gasteiger partial charge is 0.524 e. The van der Waals surface area contributed by atoms with E-state index in [2.05, 4.69) is 26.6 Å². The van der Waals surface area contributed by atoms with Crippen molar-refractivity contribution in [3.63, 3.8) is 0 Å². The molecule has 0 bridgehead atoms. The molecule has 29 heteroatoms. The number of amides is 10. The van der Waals surface area contributed by atoms with Crippen molar-refractivity contribution in [2.24, 2.45) is 57.8 Å². The monoisotopic (exact) mass is 1390 g/mol. The Labute approximate surface area is 570 Å². The number of unbranched alkanes of at least 4 members (excludes halogenated alkanes) is 1. The van der Waals surface area contributed by atoms with Crippen LogP contribution in [0.5, 0.6) is 11.5 Å². The molecule has 4 fully saturated rings. The highest BCUT2D eigenvalue weighted by Crippen LogP contribution is 3.05. The number of carbonyl (C=O) groups excluding carboxylic acids is 9. The minimum atomic E-state index is -5.00. The summed E-state index contributed by atoms with van der Waals surface area (Å²) < 4.78 is 29.2. The fraction of sp³-hybridized carbons (Fsp3) is 0.485. The number of urea groups is 1. The van der Waals surface area contributed by atoms with Crippen LogP contribution in [-0.2, 0) is 44.7 Å². The van der Waals surface area contributed by atoms with E-state index >= 15 is 9.59 Å². The molecule has 10 amide bonds. The molecule has 4 aliphatic carbocycles. The third-order valence-electron chi connectivity index (χ3n) is 20.7. The lowest BCUT2D eigenvalue weighted by atomic mass is 9.35. The van der Waals surface area contributed by atoms with Crippen LogP contribution in [0.25, 0.3) is 21.5 Å². The summed E-state index contributed by atoms with van der Waals surface area (Å²) in [6.07, 6.45) is 0.396. The molecule has 5 aromatic carbocycles. The summed E-state index contributed by atoms with van der Waals surface area (Å²) in [5.74, 6) is -3.27. The Hall–Kier alpha value is -8.26. The van der Waals surface area contributed by atoms with Crippen molar-refractivity contribution >= 4 is 123 Å². The average Bonchev–Trinajstić information content (AvgIpc) is 1.37. The SMILES string of the molecule is CC(=O)NC(CCCCN)C(=O)NC(C(=O)NC(CCCNC(N)=O)C(=O)Nc1ccc(COC(=O)N(C)CCN(C)C(=O)Oc2cc3c(c4ccccc24)C(CCl)CN3C(=O)C23C4C(C)C5(C(=O)N6CC(CCl)c7c6cc(OP(=O)(O)O)c6ccccc76)C4C2C53)cc1)C(C)C. The minimum Gasteiger partial charge on any atom is -0.445 e. The number of hydrogen-bond acceptors (Lipinski definition) is 14. The van der Waals surface area contributed by atoms with Gasteiger partial charge < -0.3 is 71.6 Å². The third-order valence-corrected chi connectivity index (χ3v) is 21.9. The lowest BCUT2D eigenvalue weighted by Crippen LogP contribution is -2.72. The maximum Gasteiger partial charge on any atom is 0.524 e. The molecule has 11 rings (SSSR count). The summed E-state index contributed by atoms with van der Waals surface area (Å²) in [4.78, 5) is 149. The van der Waals surface area contributed by atoms with Crippen LogP contribution < -0.4 is 57.1 Å². The van der Waals surface area contributed by atoms with Gasteiger partial charge in [-0.3, -0.25) is 38.6 Å². The number of rotatable bonds is 28. The molecule has 2 aliphatic heterocycles. The molecule has 518 valence electrons. The molecule has 4 saturated carbocycles. The van der Waals surface area contributed by atoms with Crippen LogP contribution in [0, 0.1) is 46.3 Å². The summed E-state index contributed by atoms with van der Waals surface area (Å²) in [6.45, 7) is 7.76. The Morgan fingerprint density at radius 2 is 1.24 bits per heavy atom. The Morgan fingerprint density at radius 3 is 1.78 bits per heavy atom. The van der Waals surface area contributed by atoms with Crippen LogP contribution in [0.3, 0.4) is 0 Å². The highest BCUT2D eigenvalue weighted by molar-refractivity contribution is 7.46. The molecule has 0 spiro atoms. The molecule has 5 aromatic rings. The van der Waals surface area contributed by atoms with Crippen LogP contribution in [0.4, 0.5) is 31.4 Å². The van der Waals surface area contributed by atoms with Gasteiger partial charge in [0, 0.05) is 106 Å². The van der Waals surface area contributed by atoms with E-state index < -0.39 is 84.5 Å². The molecule has 0 aromatic heterocycles. The zero-order chi connectivity index (χ0) is 69.7. The summed E-state index contributed by atoms with van der Waals surface area (Å²) in [5.41, 5.74) is 12.9. The van der Waals surface area contributed by atoms with E-state index in [0.717, 1.165) is 16.5 Å². The van der Waals surface area contributed by atoms with Gasteiger partial charge in [-0.2, -0.15) is 0 Å². The number of anilines is 3. The normalized spacial score (nSPS) is 23.6. The van der Waals surface area contributed by atoms with Gasteiger partial charge in [-0.05, 0) is 114 Å². The molecule has 97 heavy (non-hydrogen) atoms. The van der Waals surface area contributed by atoms with Crippen molar-refractivity contribution in [1.82, 2.24) is 31.1 Å². The quantitative estimate of drug-likeness (QED) is 0.0139. The maximum absolute atomic E-state index is 15.5. The fourth-order valence-corrected chi connectivity index (χ4v) is 17.3. The molecule has 26 nitrogen and oxygen atoms in total. The fourth-order valence-electron chi connectivity index (χ4n) is 16.4. The van der Waals surface area contributed by atoms with E-state index in [-0.39, 0.29) is 129 Å². The number of nitrogens with zero attached hydrogens (tertiary/aromatic N) is 4. The van der Waals surface area contributed by atoms with Gasteiger partial charge in [0.15, 0.2) is 0 Å². The standard InChI is InChI=1S/C68H82Cl2N11O15P/c1-35(2)57(77-60(84)46(74-37(4)82)18-11-12-24-71)61(85)76-47(19-13-25-73-64(72)88)59(83)75-41-22-20-38(21-23-41)34-94-65(89)78(5)26-27-79(6)66(90)95-50-28-48-52(44-16-9-7-14-42(44)50)40(31-70)33-81(48)63(87)68-54-36(3)67(55(54)56(68)58(67)68)62(86)80-32-39(30-69)53-45-17-10-8-15-43(45)51(29-49(53)80)96-97(91,92)93/h7-10,14-17,20-23,28-29,35-36,39-40,46-47,54-58H,11-13,18-19,24-27,30-34,71H2,1-6H3,(H,74,82)(H,75,83)(H,76,85)(H,77,84)(H3,72,73,88)(H2,91,92,93). The highest BCUT2D eigenvalue weighted by Gasteiger charge is 3.09. The molecule has 12 atom stereocenters. The third kappa shape index (κ3) is 12.8. The van der Waals surface area contributed by atoms with E-state index in [9.17, 15) is 47.9 Å². The molecule has 6 aliphatic rings. The zero-order valence-electron chi connectivity index (χ0n) is 54.7. The smallest absolute Gasteiger partial charge is 0.445 e. The number of nitrogens with two attached hydrogens (primary N) is 2. The molecular formula is C68H82Cl2N11O15P. The van der Waals surface area contributed by atoms with E-state index in [1.54, 1.807) is 66.1 Å². The predicted octanol–water partition coefficient (Wildman–Crippen LogP) is 6.98. The summed E-state index contributed by atoms with van der Waals surface area (Å²) in [6, 6.07) is 20.4. The van der Waals surface area contributed by atoms with E-state index in [4.69, 9.17) is 48.7 Å². The van der Waals surface area contributed by atoms with Gasteiger partial charge in [-0.25, -0.2) is 18.9 Å². The zero-order valence-corrected chi connectivity index (χ0v) is 57.1. The van der Waals surface area contributed by atoms with Gasteiger partial charge in [-0.15, -0.1) is 23.2 Å². The summed E-state index contributed by atoms with van der Waals surface area (Å²) >= 11 is 13.4. The molecule has 11 N–H and O–H groups in total. The van der Waals surface area contributed by atoms with Gasteiger partial charge in [0.25, 0.3) is 0 Å². The number of phosphoric acid groups is 1. The van der Waals surface area contributed by atoms with Crippen LogP contribution in [-0.4, -0.2) is 156 Å². The average molecular weight is 1400 g/mol. The first kappa shape index (κ1) is 70.1. The Bertz CT molecular complexity index is 4020. The lowest BCUT2D eigenvalue weighted by molar-refractivity contribution is -0.219. The number of nitrogens with one attached hydrogen (secondary N) is 5. The van der Waals surface area contributed by atoms with Crippen molar-refractivity contribution in [3.8, 4) is 11.5 Å². The first-order valence-electron chi connectivity index (χ1n) is 32.7. The van der Waals surface area contributed by atoms with Gasteiger partial charge in [0.2, 0.25) is 35.4 Å². The second-order valence-corrected chi connectivity index (χ2v) is 28.5. The molecule has 12 unspecified atom stereocenters. The second-order valence-electron chi connectivity index (χ2n) is 26.7. The highest BCUT2D eigenvalue weighted by atomic mass is 35.5. The molecule has 2 heterocycles. The van der Waals surface area contributed by atoms with Gasteiger partial charge in [0.1, 0.15) is 36.2 Å². The summed E-state index contributed by atoms with van der Waals surface area (Å²) in [7, 11) is -1.95. The van der Waals surface area contributed by atoms with Crippen LogP contribution in [0.15, 0.2) is 84.9 Å². The second kappa shape index (κ2) is 27.9. The number of carbonyl (C=O) groups is 9. The van der Waals surface area contributed by atoms with Gasteiger partial charge in [0.05, 0.1) is 22.2 Å². The lowest BCUT2D eigenvalue weighted by Gasteiger charge is -2.68. The van der Waals surface area contributed by atoms with Crippen molar-refractivity contribution in [2.45, 2.75) is 96.4 Å². The maximum atomic E-state index is 15.5. The van der Waals surface area contributed by atoms with E-state index in [1.165, 1.54) is 36.9 Å². The van der Waals surface area contributed by atoms with Crippen molar-refractivity contribution in [1.29, 1.82) is 0 Å². The number of benzene rings is 5. The molecule has 0 saturated heterocycles. The number of phosphoric ester groups is 1. The summed E-state index contributed by atoms with van der Waals surface area (Å²) in [5, 5.41) is 15.9. The number of hydrogen-bond donors (Lipinski definition) is 9. The Balaban J connectivity index is 0.704. The number of fused-ring (bicyclic) bond motifs is 9. The number of alkyl halides is 2.